The third kappa shape index (κ3) is 5.77. The lowest BCUT2D eigenvalue weighted by Crippen LogP contribution is -2.20. The van der Waals surface area contributed by atoms with Crippen LogP contribution in [0.3, 0.4) is 0 Å². The number of carbonyl (C=O) groups is 2. The van der Waals surface area contributed by atoms with Crippen molar-refractivity contribution in [1.29, 1.82) is 0 Å². The SMILES string of the molecule is CCC(=O)Nc1ccc(Cl)c(NC(=O)COc2cccc(C(C)C)c2)c1. The molecule has 0 aliphatic heterocycles. The van der Waals surface area contributed by atoms with E-state index in [9.17, 15) is 9.59 Å². The molecule has 0 aliphatic rings. The molecule has 0 spiro atoms. The highest BCUT2D eigenvalue weighted by Gasteiger charge is 2.09. The number of ether oxygens (including phenoxy) is 1. The lowest BCUT2D eigenvalue weighted by atomic mass is 10.0. The lowest BCUT2D eigenvalue weighted by Gasteiger charge is -2.12. The molecule has 2 rings (SSSR count). The first-order chi connectivity index (χ1) is 12.4. The van der Waals surface area contributed by atoms with Gasteiger partial charge in [0.25, 0.3) is 5.91 Å². The van der Waals surface area contributed by atoms with Crippen LogP contribution in [0.1, 0.15) is 38.7 Å². The van der Waals surface area contributed by atoms with Crippen LogP contribution in [0.25, 0.3) is 0 Å². The second-order valence-electron chi connectivity index (χ2n) is 6.16. The van der Waals surface area contributed by atoms with Crippen LogP contribution in [0, 0.1) is 0 Å². The first-order valence-corrected chi connectivity index (χ1v) is 8.88. The molecule has 0 atom stereocenters. The molecule has 0 fully saturated rings. The number of amides is 2. The molecule has 0 unspecified atom stereocenters. The van der Waals surface area contributed by atoms with Crippen molar-refractivity contribution in [1.82, 2.24) is 0 Å². The van der Waals surface area contributed by atoms with E-state index in [0.29, 0.717) is 34.5 Å². The largest absolute Gasteiger partial charge is 0.484 e. The summed E-state index contributed by atoms with van der Waals surface area (Å²) < 4.78 is 5.56. The maximum absolute atomic E-state index is 12.2. The van der Waals surface area contributed by atoms with Crippen LogP contribution in [0.5, 0.6) is 5.75 Å². The summed E-state index contributed by atoms with van der Waals surface area (Å²) in [6.45, 7) is 5.82. The predicted octanol–water partition coefficient (Wildman–Crippen LogP) is 4.83. The van der Waals surface area contributed by atoms with Crippen molar-refractivity contribution in [3.05, 3.63) is 53.1 Å². The number of anilines is 2. The molecule has 0 aliphatic carbocycles. The van der Waals surface area contributed by atoms with Crippen LogP contribution in [0.2, 0.25) is 5.02 Å². The van der Waals surface area contributed by atoms with Crippen molar-refractivity contribution in [3.8, 4) is 5.75 Å². The molecule has 138 valence electrons. The molecule has 0 radical (unpaired) electrons. The molecule has 5 nitrogen and oxygen atoms in total. The van der Waals surface area contributed by atoms with E-state index in [1.807, 2.05) is 24.3 Å². The zero-order valence-electron chi connectivity index (χ0n) is 15.1. The van der Waals surface area contributed by atoms with Gasteiger partial charge >= 0.3 is 0 Å². The minimum atomic E-state index is -0.333. The average Bonchev–Trinajstić information content (AvgIpc) is 2.63. The second-order valence-corrected chi connectivity index (χ2v) is 6.57. The van der Waals surface area contributed by atoms with Crippen LogP contribution in [0.15, 0.2) is 42.5 Å². The number of hydrogen-bond donors (Lipinski definition) is 2. The van der Waals surface area contributed by atoms with Crippen LogP contribution in [0.4, 0.5) is 11.4 Å². The third-order valence-corrected chi connectivity index (χ3v) is 4.07. The Morgan fingerprint density at radius 1 is 1.08 bits per heavy atom. The number of benzene rings is 2. The van der Waals surface area contributed by atoms with Gasteiger partial charge in [0.2, 0.25) is 5.91 Å². The summed E-state index contributed by atoms with van der Waals surface area (Å²) in [5.74, 6) is 0.576. The molecule has 2 aromatic carbocycles. The smallest absolute Gasteiger partial charge is 0.262 e. The average molecular weight is 375 g/mol. The minimum absolute atomic E-state index is 0.113. The molecule has 0 aromatic heterocycles. The predicted molar refractivity (Wildman–Crippen MR) is 105 cm³/mol. The molecular weight excluding hydrogens is 352 g/mol. The maximum Gasteiger partial charge on any atom is 0.262 e. The number of carbonyl (C=O) groups excluding carboxylic acids is 2. The first kappa shape index (κ1) is 19.8. The van der Waals surface area contributed by atoms with Gasteiger partial charge in [-0.3, -0.25) is 9.59 Å². The quantitative estimate of drug-likeness (QED) is 0.729. The summed E-state index contributed by atoms with van der Waals surface area (Å²) in [6, 6.07) is 12.6. The zero-order valence-corrected chi connectivity index (χ0v) is 15.9. The Balaban J connectivity index is 1.98. The van der Waals surface area contributed by atoms with Crippen molar-refractivity contribution in [3.63, 3.8) is 0 Å². The van der Waals surface area contributed by atoms with Crippen molar-refractivity contribution >= 4 is 34.8 Å². The van der Waals surface area contributed by atoms with Gasteiger partial charge in [-0.15, -0.1) is 0 Å². The molecule has 6 heteroatoms. The fourth-order valence-electron chi connectivity index (χ4n) is 2.25. The summed E-state index contributed by atoms with van der Waals surface area (Å²) in [5.41, 5.74) is 2.14. The number of nitrogens with one attached hydrogen (secondary N) is 2. The van der Waals surface area contributed by atoms with Gasteiger partial charge in [0.05, 0.1) is 10.7 Å². The van der Waals surface area contributed by atoms with Crippen molar-refractivity contribution in [2.75, 3.05) is 17.2 Å². The van der Waals surface area contributed by atoms with Gasteiger partial charge in [-0.2, -0.15) is 0 Å². The van der Waals surface area contributed by atoms with Crippen LogP contribution >= 0.6 is 11.6 Å². The number of halogens is 1. The summed E-state index contributed by atoms with van der Waals surface area (Å²) >= 11 is 6.12. The molecular formula is C20H23ClN2O3. The number of hydrogen-bond acceptors (Lipinski definition) is 3. The van der Waals surface area contributed by atoms with E-state index in [2.05, 4.69) is 24.5 Å². The van der Waals surface area contributed by atoms with Crippen LogP contribution < -0.4 is 15.4 Å². The van der Waals surface area contributed by atoms with Gasteiger partial charge in [-0.1, -0.05) is 44.5 Å². The molecule has 0 bridgehead atoms. The Labute approximate surface area is 158 Å². The van der Waals surface area contributed by atoms with Gasteiger partial charge in [0.15, 0.2) is 6.61 Å². The Bertz CT molecular complexity index is 790. The fraction of sp³-hybridized carbons (Fsp3) is 0.300. The molecule has 2 amide bonds. The molecule has 0 saturated heterocycles. The Kier molecular flexibility index (Phi) is 7.04. The summed E-state index contributed by atoms with van der Waals surface area (Å²) in [4.78, 5) is 23.6. The van der Waals surface area contributed by atoms with E-state index in [1.54, 1.807) is 25.1 Å². The fourth-order valence-corrected chi connectivity index (χ4v) is 2.41. The Hall–Kier alpha value is -2.53. The third-order valence-electron chi connectivity index (χ3n) is 3.74. The van der Waals surface area contributed by atoms with Crippen LogP contribution in [-0.2, 0) is 9.59 Å². The summed E-state index contributed by atoms with van der Waals surface area (Å²) in [7, 11) is 0. The molecule has 0 heterocycles. The highest BCUT2D eigenvalue weighted by Crippen LogP contribution is 2.26. The summed E-state index contributed by atoms with van der Waals surface area (Å²) in [5, 5.41) is 5.81. The molecule has 2 N–H and O–H groups in total. The number of rotatable bonds is 7. The lowest BCUT2D eigenvalue weighted by molar-refractivity contribution is -0.118. The van der Waals surface area contributed by atoms with E-state index < -0.39 is 0 Å². The van der Waals surface area contributed by atoms with Gasteiger partial charge < -0.3 is 15.4 Å². The van der Waals surface area contributed by atoms with E-state index in [-0.39, 0.29) is 18.4 Å². The van der Waals surface area contributed by atoms with E-state index in [4.69, 9.17) is 16.3 Å². The van der Waals surface area contributed by atoms with Gasteiger partial charge in [0, 0.05) is 12.1 Å². The van der Waals surface area contributed by atoms with Crippen LogP contribution in [-0.4, -0.2) is 18.4 Å². The highest BCUT2D eigenvalue weighted by molar-refractivity contribution is 6.33. The molecule has 2 aromatic rings. The first-order valence-electron chi connectivity index (χ1n) is 8.51. The van der Waals surface area contributed by atoms with Crippen molar-refractivity contribution < 1.29 is 14.3 Å². The van der Waals surface area contributed by atoms with Crippen molar-refractivity contribution in [2.45, 2.75) is 33.1 Å². The maximum atomic E-state index is 12.2. The Morgan fingerprint density at radius 3 is 2.54 bits per heavy atom. The van der Waals surface area contributed by atoms with Crippen molar-refractivity contribution in [2.24, 2.45) is 0 Å². The van der Waals surface area contributed by atoms with E-state index >= 15 is 0 Å². The topological polar surface area (TPSA) is 67.4 Å². The zero-order chi connectivity index (χ0) is 19.1. The molecule has 26 heavy (non-hydrogen) atoms. The van der Waals surface area contributed by atoms with E-state index in [1.165, 1.54) is 0 Å². The monoisotopic (exact) mass is 374 g/mol. The van der Waals surface area contributed by atoms with Gasteiger partial charge in [0.1, 0.15) is 5.75 Å². The van der Waals surface area contributed by atoms with E-state index in [0.717, 1.165) is 5.56 Å². The van der Waals surface area contributed by atoms with Gasteiger partial charge in [-0.05, 0) is 41.8 Å². The van der Waals surface area contributed by atoms with Gasteiger partial charge in [-0.25, -0.2) is 0 Å². The highest BCUT2D eigenvalue weighted by atomic mass is 35.5. The summed E-state index contributed by atoms with van der Waals surface area (Å²) in [6.07, 6.45) is 0.369. The molecule has 0 saturated carbocycles. The Morgan fingerprint density at radius 2 is 1.85 bits per heavy atom. The standard InChI is InChI=1S/C20H23ClN2O3/c1-4-19(24)22-15-8-9-17(21)18(11-15)23-20(25)12-26-16-7-5-6-14(10-16)13(2)3/h5-11,13H,4,12H2,1-3H3,(H,22,24)(H,23,25). The normalized spacial score (nSPS) is 10.5. The second kappa shape index (κ2) is 9.25. The minimum Gasteiger partial charge on any atom is -0.484 e.